The number of piperidine rings is 1. The molecule has 0 aliphatic carbocycles. The molecule has 0 bridgehead atoms. The van der Waals surface area contributed by atoms with E-state index < -0.39 is 0 Å². The first-order valence-corrected chi connectivity index (χ1v) is 5.92. The molecule has 0 atom stereocenters. The van der Waals surface area contributed by atoms with Gasteiger partial charge in [0.05, 0.1) is 0 Å². The van der Waals surface area contributed by atoms with Crippen molar-refractivity contribution in [2.24, 2.45) is 0 Å². The summed E-state index contributed by atoms with van der Waals surface area (Å²) in [5, 5.41) is 2.40. The maximum absolute atomic E-state index is 3.51. The summed E-state index contributed by atoms with van der Waals surface area (Å²) >= 11 is 0. The van der Waals surface area contributed by atoms with E-state index in [0.29, 0.717) is 0 Å². The van der Waals surface area contributed by atoms with Crippen molar-refractivity contribution in [2.45, 2.75) is 51.9 Å². The Labute approximate surface area is 82.7 Å². The quantitative estimate of drug-likeness (QED) is 0.638. The maximum atomic E-state index is 3.51. The van der Waals surface area contributed by atoms with Crippen LogP contribution in [0, 0.1) is 0 Å². The number of hydrogen-bond donors (Lipinski definition) is 1. The molecule has 2 heteroatoms. The van der Waals surface area contributed by atoms with Gasteiger partial charge in [-0.2, -0.15) is 0 Å². The number of hydrazine groups is 1. The van der Waals surface area contributed by atoms with Gasteiger partial charge in [0.15, 0.2) is 0 Å². The van der Waals surface area contributed by atoms with Crippen LogP contribution < -0.4 is 5.43 Å². The fourth-order valence-electron chi connectivity index (χ4n) is 1.84. The number of nitrogens with zero attached hydrogens (tertiary/aromatic N) is 1. The van der Waals surface area contributed by atoms with E-state index in [0.717, 1.165) is 0 Å². The monoisotopic (exact) mass is 184 g/mol. The van der Waals surface area contributed by atoms with Gasteiger partial charge >= 0.3 is 0 Å². The van der Waals surface area contributed by atoms with Crippen molar-refractivity contribution >= 4 is 0 Å². The Balaban J connectivity index is 1.86. The van der Waals surface area contributed by atoms with Gasteiger partial charge in [-0.25, -0.2) is 5.01 Å². The molecule has 1 rings (SSSR count). The van der Waals surface area contributed by atoms with Crippen molar-refractivity contribution in [1.29, 1.82) is 0 Å². The van der Waals surface area contributed by atoms with Crippen LogP contribution in [0.5, 0.6) is 0 Å². The zero-order valence-electron chi connectivity index (χ0n) is 9.02. The highest BCUT2D eigenvalue weighted by Gasteiger charge is 2.07. The molecule has 1 aliphatic rings. The number of unbranched alkanes of at least 4 members (excludes halogenated alkanes) is 3. The molecule has 0 radical (unpaired) electrons. The number of hydrogen-bond acceptors (Lipinski definition) is 2. The molecule has 0 saturated carbocycles. The summed E-state index contributed by atoms with van der Waals surface area (Å²) in [6.45, 7) is 5.96. The highest BCUT2D eigenvalue weighted by Crippen LogP contribution is 2.06. The van der Waals surface area contributed by atoms with Gasteiger partial charge in [0.1, 0.15) is 0 Å². The van der Waals surface area contributed by atoms with Crippen molar-refractivity contribution in [2.75, 3.05) is 19.6 Å². The summed E-state index contributed by atoms with van der Waals surface area (Å²) in [4.78, 5) is 0. The standard InChI is InChI=1S/C11H24N2/c1-2-3-4-6-9-12-13-10-7-5-8-11-13/h12H,2-11H2,1H3. The van der Waals surface area contributed by atoms with E-state index in [-0.39, 0.29) is 0 Å². The Bertz CT molecular complexity index is 109. The summed E-state index contributed by atoms with van der Waals surface area (Å²) in [6.07, 6.45) is 9.63. The van der Waals surface area contributed by atoms with Crippen LogP contribution in [0.3, 0.4) is 0 Å². The van der Waals surface area contributed by atoms with Gasteiger partial charge < -0.3 is 0 Å². The SMILES string of the molecule is CCCCCCNN1CCCCC1. The van der Waals surface area contributed by atoms with Crippen LogP contribution >= 0.6 is 0 Å². The minimum atomic E-state index is 1.18. The molecule has 0 aromatic carbocycles. The third kappa shape index (κ3) is 5.27. The summed E-state index contributed by atoms with van der Waals surface area (Å²) in [5.74, 6) is 0. The Morgan fingerprint density at radius 2 is 1.77 bits per heavy atom. The summed E-state index contributed by atoms with van der Waals surface area (Å²) in [6, 6.07) is 0. The van der Waals surface area contributed by atoms with Crippen molar-refractivity contribution in [3.63, 3.8) is 0 Å². The zero-order valence-corrected chi connectivity index (χ0v) is 9.02. The molecule has 1 fully saturated rings. The average Bonchev–Trinajstić information content (AvgIpc) is 2.19. The van der Waals surface area contributed by atoms with Gasteiger partial charge in [0.25, 0.3) is 0 Å². The van der Waals surface area contributed by atoms with Crippen molar-refractivity contribution < 1.29 is 0 Å². The predicted molar refractivity (Wildman–Crippen MR) is 57.6 cm³/mol. The van der Waals surface area contributed by atoms with E-state index in [2.05, 4.69) is 17.4 Å². The molecule has 1 aliphatic heterocycles. The molecule has 13 heavy (non-hydrogen) atoms. The predicted octanol–water partition coefficient (Wildman–Crippen LogP) is 2.56. The third-order valence-electron chi connectivity index (χ3n) is 2.72. The first kappa shape index (κ1) is 11.0. The summed E-state index contributed by atoms with van der Waals surface area (Å²) < 4.78 is 0. The lowest BCUT2D eigenvalue weighted by Crippen LogP contribution is -2.41. The lowest BCUT2D eigenvalue weighted by molar-refractivity contribution is 0.153. The molecule has 1 saturated heterocycles. The largest absolute Gasteiger partial charge is 0.255 e. The van der Waals surface area contributed by atoms with Gasteiger partial charge in [0, 0.05) is 19.6 Å². The second-order valence-corrected chi connectivity index (χ2v) is 4.02. The van der Waals surface area contributed by atoms with Crippen LogP contribution in [0.2, 0.25) is 0 Å². The molecule has 78 valence electrons. The van der Waals surface area contributed by atoms with Crippen LogP contribution in [0.15, 0.2) is 0 Å². The minimum absolute atomic E-state index is 1.18. The van der Waals surface area contributed by atoms with Gasteiger partial charge in [-0.05, 0) is 19.3 Å². The van der Waals surface area contributed by atoms with Gasteiger partial charge in [0.2, 0.25) is 0 Å². The van der Waals surface area contributed by atoms with Gasteiger partial charge in [-0.1, -0.05) is 32.6 Å². The molecule has 1 heterocycles. The third-order valence-corrected chi connectivity index (χ3v) is 2.72. The van der Waals surface area contributed by atoms with E-state index in [1.165, 1.54) is 64.6 Å². The topological polar surface area (TPSA) is 15.3 Å². The van der Waals surface area contributed by atoms with E-state index in [1.54, 1.807) is 0 Å². The lowest BCUT2D eigenvalue weighted by Gasteiger charge is -2.27. The smallest absolute Gasteiger partial charge is 0.0131 e. The molecule has 0 aromatic heterocycles. The molecular formula is C11H24N2. The summed E-state index contributed by atoms with van der Waals surface area (Å²) in [7, 11) is 0. The molecule has 0 unspecified atom stereocenters. The fourth-order valence-corrected chi connectivity index (χ4v) is 1.84. The first-order valence-electron chi connectivity index (χ1n) is 5.92. The Hall–Kier alpha value is -0.0800. The van der Waals surface area contributed by atoms with E-state index in [1.807, 2.05) is 0 Å². The average molecular weight is 184 g/mol. The minimum Gasteiger partial charge on any atom is -0.255 e. The van der Waals surface area contributed by atoms with Crippen LogP contribution in [-0.2, 0) is 0 Å². The number of rotatable bonds is 6. The van der Waals surface area contributed by atoms with E-state index >= 15 is 0 Å². The van der Waals surface area contributed by atoms with Crippen molar-refractivity contribution in [3.05, 3.63) is 0 Å². The zero-order chi connectivity index (χ0) is 9.36. The fraction of sp³-hybridized carbons (Fsp3) is 1.00. The molecule has 1 N–H and O–H groups in total. The second kappa shape index (κ2) is 7.34. The second-order valence-electron chi connectivity index (χ2n) is 4.02. The highest BCUT2D eigenvalue weighted by atomic mass is 15.5. The number of nitrogens with one attached hydrogen (secondary N) is 1. The molecule has 0 spiro atoms. The van der Waals surface area contributed by atoms with Crippen LogP contribution in [0.1, 0.15) is 51.9 Å². The molecule has 0 aromatic rings. The van der Waals surface area contributed by atoms with E-state index in [9.17, 15) is 0 Å². The molecule has 0 amide bonds. The maximum Gasteiger partial charge on any atom is 0.0131 e. The van der Waals surface area contributed by atoms with Crippen molar-refractivity contribution in [3.8, 4) is 0 Å². The van der Waals surface area contributed by atoms with Crippen LogP contribution in [0.4, 0.5) is 0 Å². The first-order chi connectivity index (χ1) is 6.43. The normalized spacial score (nSPS) is 19.2. The Morgan fingerprint density at radius 1 is 1.00 bits per heavy atom. The lowest BCUT2D eigenvalue weighted by atomic mass is 10.2. The Kier molecular flexibility index (Phi) is 6.21. The summed E-state index contributed by atoms with van der Waals surface area (Å²) in [5.41, 5.74) is 3.51. The van der Waals surface area contributed by atoms with Crippen molar-refractivity contribution in [1.82, 2.24) is 10.4 Å². The Morgan fingerprint density at radius 3 is 2.46 bits per heavy atom. The van der Waals surface area contributed by atoms with Gasteiger partial charge in [-0.3, -0.25) is 5.43 Å². The molecular weight excluding hydrogens is 160 g/mol. The van der Waals surface area contributed by atoms with Crippen LogP contribution in [-0.4, -0.2) is 24.6 Å². The van der Waals surface area contributed by atoms with Gasteiger partial charge in [-0.15, -0.1) is 0 Å². The molecule has 2 nitrogen and oxygen atoms in total. The van der Waals surface area contributed by atoms with E-state index in [4.69, 9.17) is 0 Å². The van der Waals surface area contributed by atoms with Crippen LogP contribution in [0.25, 0.3) is 0 Å². The highest BCUT2D eigenvalue weighted by molar-refractivity contribution is 4.60.